The van der Waals surface area contributed by atoms with E-state index in [4.69, 9.17) is 4.74 Å². The van der Waals surface area contributed by atoms with Gasteiger partial charge in [0.25, 0.3) is 0 Å². The van der Waals surface area contributed by atoms with Gasteiger partial charge in [-0.05, 0) is 61.0 Å². The fourth-order valence-electron chi connectivity index (χ4n) is 8.43. The molecule has 2 saturated heterocycles. The van der Waals surface area contributed by atoms with Gasteiger partial charge in [0, 0.05) is 57.1 Å². The number of rotatable bonds is 11. The average molecular weight is 602 g/mol. The van der Waals surface area contributed by atoms with Crippen LogP contribution in [0.25, 0.3) is 0 Å². The number of likely N-dealkylation sites (tertiary alicyclic amines) is 2. The molecule has 0 spiro atoms. The third kappa shape index (κ3) is 7.48. The lowest BCUT2D eigenvalue weighted by atomic mass is 9.83. The van der Waals surface area contributed by atoms with Gasteiger partial charge in [0.2, 0.25) is 0 Å². The van der Waals surface area contributed by atoms with Gasteiger partial charge in [-0.3, -0.25) is 9.69 Å². The van der Waals surface area contributed by atoms with Gasteiger partial charge in [-0.15, -0.1) is 0 Å². The normalized spacial score (nSPS) is 27.6. The number of amides is 1. The quantitative estimate of drug-likeness (QED) is 0.326. The Morgan fingerprint density at radius 2 is 1.59 bits per heavy atom. The number of carboxylic acid groups (broad SMARTS) is 1. The van der Waals surface area contributed by atoms with E-state index < -0.39 is 5.97 Å². The van der Waals surface area contributed by atoms with Gasteiger partial charge in [-0.1, -0.05) is 86.8 Å². The van der Waals surface area contributed by atoms with Crippen LogP contribution < -0.4 is 0 Å². The second-order valence-corrected chi connectivity index (χ2v) is 14.0. The lowest BCUT2D eigenvalue weighted by Gasteiger charge is -2.39. The summed E-state index contributed by atoms with van der Waals surface area (Å²) in [6.45, 7) is 7.20. The SMILES string of the molecule is CC1CC1N(C(=O)OCCc1ccccc1)C1CCN(CC2CN(C(C(=O)O)C3CCCCC3)CC2c2ccccc2)CC1. The lowest BCUT2D eigenvalue weighted by Crippen LogP contribution is -2.50. The first-order valence-corrected chi connectivity index (χ1v) is 17.2. The molecule has 7 nitrogen and oxygen atoms in total. The topological polar surface area (TPSA) is 73.3 Å². The summed E-state index contributed by atoms with van der Waals surface area (Å²) in [4.78, 5) is 32.9. The van der Waals surface area contributed by atoms with Crippen molar-refractivity contribution >= 4 is 12.1 Å². The van der Waals surface area contributed by atoms with Gasteiger partial charge in [0.15, 0.2) is 0 Å². The second kappa shape index (κ2) is 14.5. The smallest absolute Gasteiger partial charge is 0.410 e. The molecular formula is C37H51N3O4. The highest BCUT2D eigenvalue weighted by Gasteiger charge is 2.46. The first-order chi connectivity index (χ1) is 21.5. The molecule has 1 amide bonds. The molecular weight excluding hydrogens is 550 g/mol. The Bertz CT molecular complexity index is 1210. The molecule has 2 aliphatic carbocycles. The maximum Gasteiger partial charge on any atom is 0.410 e. The number of hydrogen-bond acceptors (Lipinski definition) is 5. The zero-order chi connectivity index (χ0) is 30.5. The van der Waals surface area contributed by atoms with Crippen molar-refractivity contribution in [3.63, 3.8) is 0 Å². The van der Waals surface area contributed by atoms with Crippen molar-refractivity contribution in [3.8, 4) is 0 Å². The van der Waals surface area contributed by atoms with Crippen LogP contribution in [0.2, 0.25) is 0 Å². The number of benzene rings is 2. The largest absolute Gasteiger partial charge is 0.480 e. The van der Waals surface area contributed by atoms with Gasteiger partial charge in [0.05, 0.1) is 6.61 Å². The third-order valence-electron chi connectivity index (χ3n) is 11.0. The Hall–Kier alpha value is -2.90. The average Bonchev–Trinajstić information content (AvgIpc) is 3.61. The van der Waals surface area contributed by atoms with Crippen molar-refractivity contribution in [1.82, 2.24) is 14.7 Å². The highest BCUT2D eigenvalue weighted by atomic mass is 16.6. The number of aliphatic carboxylic acids is 1. The number of piperidine rings is 1. The van der Waals surface area contributed by atoms with E-state index in [0.29, 0.717) is 30.4 Å². The molecule has 238 valence electrons. The maximum absolute atomic E-state index is 13.3. The van der Waals surface area contributed by atoms with Crippen LogP contribution in [0.15, 0.2) is 60.7 Å². The van der Waals surface area contributed by atoms with Crippen LogP contribution in [0.3, 0.4) is 0 Å². The molecule has 0 aromatic heterocycles. The van der Waals surface area contributed by atoms with Gasteiger partial charge in [-0.25, -0.2) is 4.79 Å². The van der Waals surface area contributed by atoms with Crippen molar-refractivity contribution in [2.45, 2.75) is 88.8 Å². The minimum Gasteiger partial charge on any atom is -0.480 e. The first kappa shape index (κ1) is 31.1. The summed E-state index contributed by atoms with van der Waals surface area (Å²) < 4.78 is 5.83. The van der Waals surface area contributed by atoms with Crippen molar-refractivity contribution < 1.29 is 19.4 Å². The molecule has 5 atom stereocenters. The van der Waals surface area contributed by atoms with Gasteiger partial charge in [-0.2, -0.15) is 0 Å². The molecule has 4 fully saturated rings. The summed E-state index contributed by atoms with van der Waals surface area (Å²) in [6, 6.07) is 21.1. The minimum atomic E-state index is -0.643. The summed E-state index contributed by atoms with van der Waals surface area (Å²) in [7, 11) is 0. The standard InChI is InChI=1S/C37H51N3O4/c1-27-23-34(27)40(37(43)44-22-19-28-11-5-2-6-12-28)32-17-20-38(21-18-32)24-31-25-39(26-33(31)29-13-7-3-8-14-29)35(36(41)42)30-15-9-4-10-16-30/h2-3,5-8,11-14,27,30-35H,4,9-10,15-26H2,1H3,(H,41,42). The van der Waals surface area contributed by atoms with Crippen LogP contribution in [-0.2, 0) is 16.0 Å². The second-order valence-electron chi connectivity index (χ2n) is 14.0. The Morgan fingerprint density at radius 3 is 2.23 bits per heavy atom. The highest BCUT2D eigenvalue weighted by molar-refractivity contribution is 5.74. The molecule has 6 rings (SSSR count). The summed E-state index contributed by atoms with van der Waals surface area (Å²) in [5.74, 6) is 0.882. The molecule has 2 aliphatic heterocycles. The Morgan fingerprint density at radius 1 is 0.932 bits per heavy atom. The van der Waals surface area contributed by atoms with Crippen LogP contribution >= 0.6 is 0 Å². The van der Waals surface area contributed by atoms with Crippen molar-refractivity contribution in [2.24, 2.45) is 17.8 Å². The number of carbonyl (C=O) groups is 2. The van der Waals surface area contributed by atoms with E-state index >= 15 is 0 Å². The third-order valence-corrected chi connectivity index (χ3v) is 11.0. The number of hydrogen-bond donors (Lipinski definition) is 1. The van der Waals surface area contributed by atoms with Gasteiger partial charge < -0.3 is 19.6 Å². The van der Waals surface area contributed by atoms with Gasteiger partial charge in [0.1, 0.15) is 6.04 Å². The number of ether oxygens (including phenoxy) is 1. The van der Waals surface area contributed by atoms with Crippen LogP contribution in [0.1, 0.15) is 75.3 Å². The molecule has 0 bridgehead atoms. The Kier molecular flexibility index (Phi) is 10.2. The highest BCUT2D eigenvalue weighted by Crippen LogP contribution is 2.40. The van der Waals surface area contributed by atoms with E-state index in [2.05, 4.69) is 64.1 Å². The Balaban J connectivity index is 1.07. The van der Waals surface area contributed by atoms with E-state index in [9.17, 15) is 14.7 Å². The monoisotopic (exact) mass is 601 g/mol. The van der Waals surface area contributed by atoms with Crippen LogP contribution in [-0.4, -0.2) is 89.3 Å². The molecule has 2 aromatic carbocycles. The predicted octanol–water partition coefficient (Wildman–Crippen LogP) is 6.29. The van der Waals surface area contributed by atoms with E-state index in [1.54, 1.807) is 0 Å². The molecule has 44 heavy (non-hydrogen) atoms. The molecule has 7 heteroatoms. The molecule has 1 N–H and O–H groups in total. The summed E-state index contributed by atoms with van der Waals surface area (Å²) in [5.41, 5.74) is 2.52. The van der Waals surface area contributed by atoms with Crippen LogP contribution in [0.5, 0.6) is 0 Å². The van der Waals surface area contributed by atoms with Crippen LogP contribution in [0, 0.1) is 17.8 Å². The summed E-state index contributed by atoms with van der Waals surface area (Å²) >= 11 is 0. The van der Waals surface area contributed by atoms with E-state index in [-0.39, 0.29) is 24.1 Å². The van der Waals surface area contributed by atoms with E-state index in [0.717, 1.165) is 84.1 Å². The molecule has 2 heterocycles. The summed E-state index contributed by atoms with van der Waals surface area (Å²) in [5, 5.41) is 10.4. The van der Waals surface area contributed by atoms with Crippen molar-refractivity contribution in [1.29, 1.82) is 0 Å². The predicted molar refractivity (Wildman–Crippen MR) is 173 cm³/mol. The number of nitrogens with zero attached hydrogens (tertiary/aromatic N) is 3. The van der Waals surface area contributed by atoms with Crippen molar-refractivity contribution in [3.05, 3.63) is 71.8 Å². The zero-order valence-electron chi connectivity index (χ0n) is 26.4. The zero-order valence-corrected chi connectivity index (χ0v) is 26.4. The minimum absolute atomic E-state index is 0.147. The molecule has 4 aliphatic rings. The van der Waals surface area contributed by atoms with Crippen LogP contribution in [0.4, 0.5) is 4.79 Å². The lowest BCUT2D eigenvalue weighted by molar-refractivity contribution is -0.145. The van der Waals surface area contributed by atoms with E-state index in [1.165, 1.54) is 17.5 Å². The molecule has 5 unspecified atom stereocenters. The molecule has 0 radical (unpaired) electrons. The van der Waals surface area contributed by atoms with Gasteiger partial charge >= 0.3 is 12.1 Å². The molecule has 2 saturated carbocycles. The van der Waals surface area contributed by atoms with E-state index in [1.807, 2.05) is 18.2 Å². The van der Waals surface area contributed by atoms with Crippen molar-refractivity contribution in [2.75, 3.05) is 39.3 Å². The Labute approximate surface area is 263 Å². The molecule has 2 aromatic rings. The fourth-order valence-corrected chi connectivity index (χ4v) is 8.43. The maximum atomic E-state index is 13.3. The fraction of sp³-hybridized carbons (Fsp3) is 0.622. The number of carbonyl (C=O) groups excluding carboxylic acids is 1. The summed E-state index contributed by atoms with van der Waals surface area (Å²) in [6.07, 6.45) is 9.19. The number of carboxylic acids is 1. The first-order valence-electron chi connectivity index (χ1n) is 17.2.